The molecule has 0 unspecified atom stereocenters. The van der Waals surface area contributed by atoms with E-state index in [4.69, 9.17) is 0 Å². The van der Waals surface area contributed by atoms with Gasteiger partial charge in [0.1, 0.15) is 0 Å². The molecule has 0 fully saturated rings. The summed E-state index contributed by atoms with van der Waals surface area (Å²) in [6.45, 7) is 12.0. The van der Waals surface area contributed by atoms with Gasteiger partial charge >= 0.3 is 0 Å². The topological polar surface area (TPSA) is 40.5 Å². The molecule has 2 N–H and O–H groups in total. The van der Waals surface area contributed by atoms with Crippen molar-refractivity contribution in [2.45, 2.75) is 52.4 Å². The Bertz CT molecular complexity index is 437. The monoisotopic (exact) mass is 300 g/mol. The van der Waals surface area contributed by atoms with E-state index in [9.17, 15) is 10.2 Å². The highest BCUT2D eigenvalue weighted by molar-refractivity contribution is 9.10. The van der Waals surface area contributed by atoms with Crippen LogP contribution in [0.1, 0.15) is 52.7 Å². The van der Waals surface area contributed by atoms with Gasteiger partial charge in [-0.1, -0.05) is 57.5 Å². The summed E-state index contributed by atoms with van der Waals surface area (Å²) in [7, 11) is 0. The van der Waals surface area contributed by atoms with Gasteiger partial charge in [0.2, 0.25) is 0 Å². The van der Waals surface area contributed by atoms with Crippen molar-refractivity contribution in [3.05, 3.63) is 21.7 Å². The second-order valence-electron chi connectivity index (χ2n) is 6.48. The molecule has 0 aromatic heterocycles. The summed E-state index contributed by atoms with van der Waals surface area (Å²) < 4.78 is 0.838. The lowest BCUT2D eigenvalue weighted by atomic mass is 9.81. The van der Waals surface area contributed by atoms with Gasteiger partial charge in [0.25, 0.3) is 0 Å². The number of hydrogen-bond donors (Lipinski definition) is 2. The molecule has 2 nitrogen and oxygen atoms in total. The first-order valence-corrected chi connectivity index (χ1v) is 6.51. The van der Waals surface area contributed by atoms with Crippen LogP contribution in [0.5, 0.6) is 11.5 Å². The second-order valence-corrected chi connectivity index (χ2v) is 7.33. The molecule has 0 aliphatic rings. The molecule has 0 saturated heterocycles. The molecular formula is C14H21BrO2. The zero-order valence-corrected chi connectivity index (χ0v) is 12.9. The van der Waals surface area contributed by atoms with E-state index in [1.807, 2.05) is 47.6 Å². The highest BCUT2D eigenvalue weighted by atomic mass is 79.9. The average molecular weight is 301 g/mol. The van der Waals surface area contributed by atoms with Crippen LogP contribution >= 0.6 is 15.9 Å². The van der Waals surface area contributed by atoms with Crippen molar-refractivity contribution in [2.24, 2.45) is 0 Å². The van der Waals surface area contributed by atoms with Gasteiger partial charge in [-0.3, -0.25) is 0 Å². The van der Waals surface area contributed by atoms with E-state index in [0.29, 0.717) is 0 Å². The predicted molar refractivity (Wildman–Crippen MR) is 74.9 cm³/mol. The standard InChI is InChI=1S/C14H21BrO2/c1-13(2,3)8-7-9(15)10(14(4,5)6)12(17)11(8)16/h7,16-17H,1-6H3. The fourth-order valence-electron chi connectivity index (χ4n) is 1.91. The number of benzene rings is 1. The molecule has 0 spiro atoms. The fraction of sp³-hybridized carbons (Fsp3) is 0.571. The van der Waals surface area contributed by atoms with E-state index in [1.165, 1.54) is 0 Å². The van der Waals surface area contributed by atoms with Crippen LogP contribution in [0, 0.1) is 0 Å². The van der Waals surface area contributed by atoms with Crippen LogP contribution < -0.4 is 0 Å². The number of hydrogen-bond acceptors (Lipinski definition) is 2. The number of halogens is 1. The van der Waals surface area contributed by atoms with Gasteiger partial charge in [-0.25, -0.2) is 0 Å². The number of phenols is 2. The maximum absolute atomic E-state index is 10.2. The summed E-state index contributed by atoms with van der Waals surface area (Å²) in [5.74, 6) is -0.0255. The third-order valence-electron chi connectivity index (χ3n) is 2.78. The molecule has 0 heterocycles. The summed E-state index contributed by atoms with van der Waals surface area (Å²) >= 11 is 3.49. The van der Waals surface area contributed by atoms with E-state index >= 15 is 0 Å². The third kappa shape index (κ3) is 2.76. The molecular weight excluding hydrogens is 280 g/mol. The quantitative estimate of drug-likeness (QED) is 0.695. The molecule has 0 amide bonds. The van der Waals surface area contributed by atoms with Crippen molar-refractivity contribution in [2.75, 3.05) is 0 Å². The number of aromatic hydroxyl groups is 2. The first-order valence-electron chi connectivity index (χ1n) is 5.71. The molecule has 0 radical (unpaired) electrons. The van der Waals surface area contributed by atoms with Crippen LogP contribution in [-0.2, 0) is 10.8 Å². The lowest BCUT2D eigenvalue weighted by Crippen LogP contribution is -2.16. The maximum Gasteiger partial charge on any atom is 0.162 e. The fourth-order valence-corrected chi connectivity index (χ4v) is 2.92. The van der Waals surface area contributed by atoms with Gasteiger partial charge in [-0.05, 0) is 16.9 Å². The van der Waals surface area contributed by atoms with Crippen LogP contribution in [0.15, 0.2) is 10.5 Å². The van der Waals surface area contributed by atoms with Crippen LogP contribution in [0.2, 0.25) is 0 Å². The highest BCUT2D eigenvalue weighted by Gasteiger charge is 2.28. The first-order chi connectivity index (χ1) is 7.46. The van der Waals surface area contributed by atoms with E-state index in [0.717, 1.165) is 15.6 Å². The Morgan fingerprint density at radius 1 is 0.882 bits per heavy atom. The summed E-state index contributed by atoms with van der Waals surface area (Å²) in [6.07, 6.45) is 0. The maximum atomic E-state index is 10.2. The largest absolute Gasteiger partial charge is 0.504 e. The molecule has 0 aliphatic heterocycles. The highest BCUT2D eigenvalue weighted by Crippen LogP contribution is 2.46. The van der Waals surface area contributed by atoms with Gasteiger partial charge in [0.05, 0.1) is 0 Å². The predicted octanol–water partition coefficient (Wildman–Crippen LogP) is 4.46. The average Bonchev–Trinajstić information content (AvgIpc) is 2.07. The van der Waals surface area contributed by atoms with Crippen molar-refractivity contribution in [1.29, 1.82) is 0 Å². The van der Waals surface area contributed by atoms with E-state index < -0.39 is 0 Å². The van der Waals surface area contributed by atoms with Crippen molar-refractivity contribution >= 4 is 15.9 Å². The Labute approximate surface area is 112 Å². The summed E-state index contributed by atoms with van der Waals surface area (Å²) in [4.78, 5) is 0. The smallest absolute Gasteiger partial charge is 0.162 e. The minimum atomic E-state index is -0.225. The molecule has 0 atom stereocenters. The molecule has 0 saturated carbocycles. The van der Waals surface area contributed by atoms with Gasteiger partial charge in [0, 0.05) is 15.6 Å². The van der Waals surface area contributed by atoms with E-state index in [1.54, 1.807) is 0 Å². The van der Waals surface area contributed by atoms with Crippen molar-refractivity contribution < 1.29 is 10.2 Å². The minimum Gasteiger partial charge on any atom is -0.504 e. The Hall–Kier alpha value is -0.700. The van der Waals surface area contributed by atoms with Crippen LogP contribution in [0.25, 0.3) is 0 Å². The van der Waals surface area contributed by atoms with Gasteiger partial charge in [-0.15, -0.1) is 0 Å². The van der Waals surface area contributed by atoms with Crippen LogP contribution in [0.3, 0.4) is 0 Å². The lowest BCUT2D eigenvalue weighted by molar-refractivity contribution is 0.375. The van der Waals surface area contributed by atoms with Crippen LogP contribution in [-0.4, -0.2) is 10.2 Å². The Morgan fingerprint density at radius 2 is 1.35 bits per heavy atom. The summed E-state index contributed by atoms with van der Waals surface area (Å²) in [5.41, 5.74) is 1.05. The first kappa shape index (κ1) is 14.4. The van der Waals surface area contributed by atoms with Crippen molar-refractivity contribution in [3.8, 4) is 11.5 Å². The van der Waals surface area contributed by atoms with E-state index in [2.05, 4.69) is 15.9 Å². The summed E-state index contributed by atoms with van der Waals surface area (Å²) in [5, 5.41) is 20.3. The molecule has 0 bridgehead atoms. The molecule has 3 heteroatoms. The van der Waals surface area contributed by atoms with Crippen LogP contribution in [0.4, 0.5) is 0 Å². The summed E-state index contributed by atoms with van der Waals surface area (Å²) in [6, 6.07) is 1.90. The SMILES string of the molecule is CC(C)(C)c1cc(Br)c(C(C)(C)C)c(O)c1O. The molecule has 96 valence electrons. The van der Waals surface area contributed by atoms with Gasteiger partial charge < -0.3 is 10.2 Å². The molecule has 17 heavy (non-hydrogen) atoms. The number of rotatable bonds is 0. The zero-order valence-electron chi connectivity index (χ0n) is 11.3. The second kappa shape index (κ2) is 4.20. The molecule has 1 aromatic carbocycles. The zero-order chi connectivity index (χ0) is 13.6. The van der Waals surface area contributed by atoms with Gasteiger partial charge in [0.15, 0.2) is 11.5 Å². The van der Waals surface area contributed by atoms with Gasteiger partial charge in [-0.2, -0.15) is 0 Å². The molecule has 1 rings (SSSR count). The Morgan fingerprint density at radius 3 is 1.71 bits per heavy atom. The van der Waals surface area contributed by atoms with Crippen molar-refractivity contribution in [1.82, 2.24) is 0 Å². The minimum absolute atomic E-state index is 0.00868. The molecule has 1 aromatic rings. The molecule has 0 aliphatic carbocycles. The number of phenolic OH excluding ortho intramolecular Hbond substituents is 2. The lowest BCUT2D eigenvalue weighted by Gasteiger charge is -2.27. The normalized spacial score (nSPS) is 12.9. The van der Waals surface area contributed by atoms with Crippen molar-refractivity contribution in [3.63, 3.8) is 0 Å². The third-order valence-corrected chi connectivity index (χ3v) is 3.41. The Kier molecular flexibility index (Phi) is 3.55. The Balaban J connectivity index is 3.60. The van der Waals surface area contributed by atoms with E-state index in [-0.39, 0.29) is 22.3 Å².